The summed E-state index contributed by atoms with van der Waals surface area (Å²) in [6.45, 7) is -0.501. The van der Waals surface area contributed by atoms with Crippen LogP contribution in [0, 0.1) is 11.3 Å². The number of amides is 1. The molecule has 0 aliphatic carbocycles. The molecule has 0 saturated heterocycles. The molecule has 0 unspecified atom stereocenters. The number of carbonyl (C=O) groups excluding carboxylic acids is 2. The molecular weight excluding hydrogens is 390 g/mol. The molecule has 0 radical (unpaired) electrons. The number of nitrogens with two attached hydrogens (primary N) is 1. The van der Waals surface area contributed by atoms with Crippen molar-refractivity contribution < 1.29 is 29.0 Å². The first kappa shape index (κ1) is 24.0. The summed E-state index contributed by atoms with van der Waals surface area (Å²) in [7, 11) is 2.56. The minimum Gasteiger partial charge on any atom is -0.480 e. The van der Waals surface area contributed by atoms with E-state index in [-0.39, 0.29) is 5.97 Å². The topological polar surface area (TPSA) is 143 Å². The van der Waals surface area contributed by atoms with Gasteiger partial charge in [-0.05, 0) is 48.4 Å². The Labute approximate surface area is 174 Å². The minimum atomic E-state index is -1.15. The number of benzene rings is 2. The normalized spacial score (nSPS) is 9.37. The highest BCUT2D eigenvalue weighted by molar-refractivity contribution is 5.92. The van der Waals surface area contributed by atoms with Crippen LogP contribution in [0.25, 0.3) is 0 Å². The molecule has 30 heavy (non-hydrogen) atoms. The molecule has 0 aliphatic rings. The highest BCUT2D eigenvalue weighted by Gasteiger charge is 2.19. The van der Waals surface area contributed by atoms with Crippen molar-refractivity contribution in [1.29, 1.82) is 5.26 Å². The number of hydrogen-bond donors (Lipinski definition) is 2. The Morgan fingerprint density at radius 2 is 1.63 bits per heavy atom. The van der Waals surface area contributed by atoms with Gasteiger partial charge in [0.05, 0.1) is 25.9 Å². The molecule has 2 aromatic rings. The van der Waals surface area contributed by atoms with Gasteiger partial charge < -0.3 is 20.3 Å². The lowest BCUT2D eigenvalue weighted by molar-refractivity contribution is -0.140. The number of ether oxygens (including phenoxy) is 2. The Morgan fingerprint density at radius 3 is 2.10 bits per heavy atom. The van der Waals surface area contributed by atoms with Crippen LogP contribution in [-0.2, 0) is 25.5 Å². The largest absolute Gasteiger partial charge is 0.480 e. The maximum atomic E-state index is 11.4. The first-order valence-corrected chi connectivity index (χ1v) is 8.79. The van der Waals surface area contributed by atoms with Crippen molar-refractivity contribution in [2.24, 2.45) is 0 Å². The van der Waals surface area contributed by atoms with Crippen molar-refractivity contribution in [3.63, 3.8) is 0 Å². The summed E-state index contributed by atoms with van der Waals surface area (Å²) in [6, 6.07) is 15.4. The summed E-state index contributed by atoms with van der Waals surface area (Å²) >= 11 is 0. The molecule has 9 heteroatoms. The number of rotatable bonds is 6. The van der Waals surface area contributed by atoms with Gasteiger partial charge in [0.15, 0.2) is 0 Å². The highest BCUT2D eigenvalue weighted by atomic mass is 16.5. The van der Waals surface area contributed by atoms with Crippen LogP contribution in [0.1, 0.15) is 17.5 Å². The lowest BCUT2D eigenvalue weighted by atomic mass is 10.1. The fourth-order valence-electron chi connectivity index (χ4n) is 2.26. The maximum absolute atomic E-state index is 11.4. The fraction of sp³-hybridized carbons (Fsp3) is 0.238. The molecule has 2 rings (SSSR count). The second kappa shape index (κ2) is 12.4. The van der Waals surface area contributed by atoms with Crippen LogP contribution in [0.4, 0.5) is 16.2 Å². The molecule has 2 aromatic carbocycles. The molecule has 3 N–H and O–H groups in total. The Hall–Kier alpha value is -4.06. The van der Waals surface area contributed by atoms with Gasteiger partial charge in [0, 0.05) is 17.8 Å². The first-order valence-electron chi connectivity index (χ1n) is 8.79. The summed E-state index contributed by atoms with van der Waals surface area (Å²) in [5.74, 6) is -1.34. The summed E-state index contributed by atoms with van der Waals surface area (Å²) in [6.07, 6.45) is 0.352. The van der Waals surface area contributed by atoms with Gasteiger partial charge in [-0.3, -0.25) is 14.5 Å². The lowest BCUT2D eigenvalue weighted by Gasteiger charge is -2.18. The number of carboxylic acid groups (broad SMARTS) is 1. The molecule has 0 aromatic heterocycles. The lowest BCUT2D eigenvalue weighted by Crippen LogP contribution is -2.35. The van der Waals surface area contributed by atoms with Crippen LogP contribution in [0.15, 0.2) is 48.5 Å². The number of nitrogens with zero attached hydrogens (tertiary/aromatic N) is 2. The van der Waals surface area contributed by atoms with E-state index in [4.69, 9.17) is 16.1 Å². The van der Waals surface area contributed by atoms with E-state index >= 15 is 0 Å². The molecule has 0 spiro atoms. The predicted octanol–water partition coefficient (Wildman–Crippen LogP) is 2.59. The van der Waals surface area contributed by atoms with Crippen molar-refractivity contribution in [3.8, 4) is 6.07 Å². The third kappa shape index (κ3) is 8.31. The van der Waals surface area contributed by atoms with Gasteiger partial charge in [-0.1, -0.05) is 12.1 Å². The molecular formula is C21H23N3O6. The SMILES string of the molecule is COC(=O)CCc1ccc(N)cc1.COC(=O)N(CC(=O)O)c1ccc(C#N)cc1. The number of nitriles is 1. The molecule has 0 aliphatic heterocycles. The average Bonchev–Trinajstić information content (AvgIpc) is 2.76. The van der Waals surface area contributed by atoms with Crippen LogP contribution in [0.5, 0.6) is 0 Å². The van der Waals surface area contributed by atoms with Crippen molar-refractivity contribution in [1.82, 2.24) is 0 Å². The predicted molar refractivity (Wildman–Crippen MR) is 110 cm³/mol. The third-order valence-electron chi connectivity index (χ3n) is 3.82. The van der Waals surface area contributed by atoms with Crippen LogP contribution in [-0.4, -0.2) is 43.9 Å². The number of anilines is 2. The molecule has 0 atom stereocenters. The zero-order valence-corrected chi connectivity index (χ0v) is 16.7. The molecule has 1 amide bonds. The number of esters is 1. The van der Waals surface area contributed by atoms with Gasteiger partial charge in [0.1, 0.15) is 6.54 Å². The Balaban J connectivity index is 0.000000311. The van der Waals surface area contributed by atoms with Gasteiger partial charge in [0.25, 0.3) is 0 Å². The number of hydrogen-bond acceptors (Lipinski definition) is 7. The molecule has 0 fully saturated rings. The fourth-order valence-corrected chi connectivity index (χ4v) is 2.26. The van der Waals surface area contributed by atoms with E-state index in [0.29, 0.717) is 24.1 Å². The first-order chi connectivity index (χ1) is 14.3. The standard InChI is InChI=1S/C11H10N2O4.C10H13NO2/c1-17-11(16)13(7-10(14)15)9-4-2-8(6-12)3-5-9;1-13-10(12)7-4-8-2-5-9(11)6-3-8/h2-5H,7H2,1H3,(H,14,15);2-3,5-6H,4,7,11H2,1H3. The Kier molecular flexibility index (Phi) is 9.92. The van der Waals surface area contributed by atoms with Crippen molar-refractivity contribution >= 4 is 29.4 Å². The Morgan fingerprint density at radius 1 is 1.03 bits per heavy atom. The monoisotopic (exact) mass is 413 g/mol. The van der Waals surface area contributed by atoms with Crippen LogP contribution < -0.4 is 10.6 Å². The van der Waals surface area contributed by atoms with Gasteiger partial charge in [0.2, 0.25) is 0 Å². The number of carbonyl (C=O) groups is 3. The van der Waals surface area contributed by atoms with E-state index in [9.17, 15) is 14.4 Å². The van der Waals surface area contributed by atoms with Crippen LogP contribution >= 0.6 is 0 Å². The number of aryl methyl sites for hydroxylation is 1. The van der Waals surface area contributed by atoms with Crippen LogP contribution in [0.2, 0.25) is 0 Å². The van der Waals surface area contributed by atoms with Gasteiger partial charge >= 0.3 is 18.0 Å². The summed E-state index contributed by atoms with van der Waals surface area (Å²) in [4.78, 5) is 33.8. The number of nitrogen functional groups attached to an aromatic ring is 1. The second-order valence-electron chi connectivity index (χ2n) is 5.93. The minimum absolute atomic E-state index is 0.183. The van der Waals surface area contributed by atoms with Gasteiger partial charge in [-0.2, -0.15) is 5.26 Å². The second-order valence-corrected chi connectivity index (χ2v) is 5.93. The van der Waals surface area contributed by atoms with E-state index in [1.165, 1.54) is 38.5 Å². The molecule has 9 nitrogen and oxygen atoms in total. The smallest absolute Gasteiger partial charge is 0.414 e. The van der Waals surface area contributed by atoms with Gasteiger partial charge in [-0.15, -0.1) is 0 Å². The van der Waals surface area contributed by atoms with E-state index in [2.05, 4.69) is 9.47 Å². The quantitative estimate of drug-likeness (QED) is 0.543. The van der Waals surface area contributed by atoms with Crippen LogP contribution in [0.3, 0.4) is 0 Å². The van der Waals surface area contributed by atoms with E-state index in [1.54, 1.807) is 0 Å². The Bertz CT molecular complexity index is 888. The summed E-state index contributed by atoms with van der Waals surface area (Å²) in [5, 5.41) is 17.3. The zero-order valence-electron chi connectivity index (χ0n) is 16.7. The molecule has 0 heterocycles. The van der Waals surface area contributed by atoms with Crippen molar-refractivity contribution in [2.75, 3.05) is 31.4 Å². The molecule has 0 bridgehead atoms. The summed E-state index contributed by atoms with van der Waals surface area (Å²) in [5.41, 5.74) is 8.14. The van der Waals surface area contributed by atoms with E-state index in [0.717, 1.165) is 16.2 Å². The highest BCUT2D eigenvalue weighted by Crippen LogP contribution is 2.16. The maximum Gasteiger partial charge on any atom is 0.414 e. The van der Waals surface area contributed by atoms with Crippen molar-refractivity contribution in [2.45, 2.75) is 12.8 Å². The van der Waals surface area contributed by atoms with E-state index < -0.39 is 18.6 Å². The molecule has 158 valence electrons. The summed E-state index contributed by atoms with van der Waals surface area (Å²) < 4.78 is 9.01. The number of methoxy groups -OCH3 is 2. The van der Waals surface area contributed by atoms with Crippen molar-refractivity contribution in [3.05, 3.63) is 59.7 Å². The number of carboxylic acids is 1. The zero-order chi connectivity index (χ0) is 22.5. The van der Waals surface area contributed by atoms with Gasteiger partial charge in [-0.25, -0.2) is 4.79 Å². The molecule has 0 saturated carbocycles. The third-order valence-corrected chi connectivity index (χ3v) is 3.82. The van der Waals surface area contributed by atoms with E-state index in [1.807, 2.05) is 30.3 Å². The average molecular weight is 413 g/mol. The number of aliphatic carboxylic acids is 1.